The standard InChI is InChI=1S/C23H27N3.C5H10O.C2H6.H2/c1-7-18(15-24-4)22-12-13-23(25-17(22)3)21-11-9-10-20(14-21)19(8-2)16-26(5)6;1-5-2-3-6-4-5;1-2;/h7-16H,2H2,1,3-6H3;5H,2-4H2,1H3;1-2H3;1H/b18-7+,19-16+,24-15?;;;. The zero-order valence-electron chi connectivity index (χ0n) is 22.4. The summed E-state index contributed by atoms with van der Waals surface area (Å²) in [4.78, 5) is 11.0. The van der Waals surface area contributed by atoms with Gasteiger partial charge in [0.15, 0.2) is 0 Å². The summed E-state index contributed by atoms with van der Waals surface area (Å²) in [6.45, 7) is 16.2. The molecular weight excluding hydrogens is 418 g/mol. The Kier molecular flexibility index (Phi) is 13.5. The SMILES string of the molecule is C=C/C(=C\N(C)C)c1cccc(-c2ccc(/C(C=NC)=C/C)c(C)n2)c1.CC.CC1CCOC1.[HH]. The summed E-state index contributed by atoms with van der Waals surface area (Å²) in [6, 6.07) is 12.6. The molecule has 1 aliphatic heterocycles. The molecule has 0 radical (unpaired) electrons. The fraction of sp³-hybridized carbons (Fsp3) is 0.400. The first-order valence-corrected chi connectivity index (χ1v) is 12.1. The van der Waals surface area contributed by atoms with Gasteiger partial charge in [0.25, 0.3) is 0 Å². The molecule has 0 spiro atoms. The number of ether oxygens (including phenoxy) is 1. The van der Waals surface area contributed by atoms with Crippen molar-refractivity contribution in [1.29, 1.82) is 0 Å². The Morgan fingerprint density at radius 3 is 2.41 bits per heavy atom. The molecule has 4 nitrogen and oxygen atoms in total. The number of rotatable bonds is 6. The number of allylic oxidation sites excluding steroid dienone is 4. The van der Waals surface area contributed by atoms with E-state index >= 15 is 0 Å². The van der Waals surface area contributed by atoms with Gasteiger partial charge in [0.05, 0.1) is 5.69 Å². The molecule has 34 heavy (non-hydrogen) atoms. The monoisotopic (exact) mass is 463 g/mol. The van der Waals surface area contributed by atoms with Crippen LogP contribution in [0.25, 0.3) is 22.4 Å². The molecule has 1 saturated heterocycles. The van der Waals surface area contributed by atoms with E-state index in [-0.39, 0.29) is 1.43 Å². The Bertz CT molecular complexity index is 987. The van der Waals surface area contributed by atoms with Crippen molar-refractivity contribution in [2.75, 3.05) is 34.4 Å². The highest BCUT2D eigenvalue weighted by molar-refractivity contribution is 6.10. The third-order valence-electron chi connectivity index (χ3n) is 5.24. The van der Waals surface area contributed by atoms with E-state index in [2.05, 4.69) is 67.2 Å². The van der Waals surface area contributed by atoms with E-state index in [9.17, 15) is 0 Å². The van der Waals surface area contributed by atoms with Crippen LogP contribution in [-0.2, 0) is 4.74 Å². The van der Waals surface area contributed by atoms with Crippen molar-refractivity contribution in [3.8, 4) is 11.3 Å². The Balaban J connectivity index is 0.00000110. The Morgan fingerprint density at radius 2 is 1.94 bits per heavy atom. The molecule has 1 atom stereocenters. The van der Waals surface area contributed by atoms with Crippen molar-refractivity contribution in [1.82, 2.24) is 9.88 Å². The topological polar surface area (TPSA) is 37.7 Å². The van der Waals surface area contributed by atoms with Crippen LogP contribution in [0.2, 0.25) is 0 Å². The molecule has 0 N–H and O–H groups in total. The van der Waals surface area contributed by atoms with Crippen molar-refractivity contribution in [3.63, 3.8) is 0 Å². The predicted octanol–water partition coefficient (Wildman–Crippen LogP) is 7.56. The first-order valence-electron chi connectivity index (χ1n) is 12.1. The van der Waals surface area contributed by atoms with Crippen molar-refractivity contribution < 1.29 is 6.16 Å². The lowest BCUT2D eigenvalue weighted by Crippen LogP contribution is -2.02. The Hall–Kier alpha value is -2.98. The average Bonchev–Trinajstić information content (AvgIpc) is 3.33. The van der Waals surface area contributed by atoms with E-state index in [0.717, 1.165) is 58.4 Å². The van der Waals surface area contributed by atoms with Gasteiger partial charge in [-0.2, -0.15) is 0 Å². The van der Waals surface area contributed by atoms with Gasteiger partial charge in [-0.1, -0.05) is 63.8 Å². The van der Waals surface area contributed by atoms with E-state index < -0.39 is 0 Å². The van der Waals surface area contributed by atoms with Crippen LogP contribution in [0.3, 0.4) is 0 Å². The number of benzene rings is 1. The van der Waals surface area contributed by atoms with Gasteiger partial charge in [0, 0.05) is 65.0 Å². The third-order valence-corrected chi connectivity index (χ3v) is 5.24. The molecule has 1 aliphatic rings. The average molecular weight is 464 g/mol. The van der Waals surface area contributed by atoms with Crippen LogP contribution in [0, 0.1) is 12.8 Å². The first kappa shape index (κ1) is 29.1. The van der Waals surface area contributed by atoms with Gasteiger partial charge in [-0.3, -0.25) is 9.98 Å². The maximum Gasteiger partial charge on any atom is 0.0705 e. The number of pyridine rings is 1. The summed E-state index contributed by atoms with van der Waals surface area (Å²) in [6.07, 6.45) is 9.13. The quantitative estimate of drug-likeness (QED) is 0.327. The number of nitrogens with zero attached hydrogens (tertiary/aromatic N) is 3. The minimum atomic E-state index is 0. The minimum absolute atomic E-state index is 0. The normalized spacial score (nSPS) is 15.8. The lowest BCUT2D eigenvalue weighted by molar-refractivity contribution is 0.188. The fourth-order valence-corrected chi connectivity index (χ4v) is 3.50. The fourth-order valence-electron chi connectivity index (χ4n) is 3.50. The maximum atomic E-state index is 5.06. The highest BCUT2D eigenvalue weighted by Crippen LogP contribution is 2.26. The predicted molar refractivity (Wildman–Crippen MR) is 152 cm³/mol. The number of aliphatic imine (C=N–C) groups is 1. The molecule has 0 bridgehead atoms. The van der Waals surface area contributed by atoms with Crippen LogP contribution in [0.1, 0.15) is 52.4 Å². The highest BCUT2D eigenvalue weighted by Gasteiger charge is 2.09. The van der Waals surface area contributed by atoms with Crippen molar-refractivity contribution in [2.45, 2.75) is 41.0 Å². The molecule has 2 aromatic rings. The van der Waals surface area contributed by atoms with E-state index in [4.69, 9.17) is 9.72 Å². The second-order valence-electron chi connectivity index (χ2n) is 8.26. The van der Waals surface area contributed by atoms with Gasteiger partial charge in [0.1, 0.15) is 0 Å². The second-order valence-corrected chi connectivity index (χ2v) is 8.26. The van der Waals surface area contributed by atoms with Crippen LogP contribution < -0.4 is 0 Å². The number of hydrogen-bond acceptors (Lipinski definition) is 4. The van der Waals surface area contributed by atoms with Gasteiger partial charge < -0.3 is 9.64 Å². The summed E-state index contributed by atoms with van der Waals surface area (Å²) >= 11 is 0. The molecule has 3 rings (SSSR count). The maximum absolute atomic E-state index is 5.06. The van der Waals surface area contributed by atoms with E-state index in [1.165, 1.54) is 6.42 Å². The molecule has 0 saturated carbocycles. The van der Waals surface area contributed by atoms with Gasteiger partial charge in [0.2, 0.25) is 0 Å². The molecule has 2 heterocycles. The summed E-state index contributed by atoms with van der Waals surface area (Å²) in [5.41, 5.74) is 7.45. The first-order chi connectivity index (χ1) is 16.4. The van der Waals surface area contributed by atoms with Crippen LogP contribution >= 0.6 is 0 Å². The lowest BCUT2D eigenvalue weighted by Gasteiger charge is -2.12. The molecule has 1 fully saturated rings. The van der Waals surface area contributed by atoms with Crippen LogP contribution in [0.15, 0.2) is 66.3 Å². The van der Waals surface area contributed by atoms with Crippen LogP contribution in [-0.4, -0.2) is 50.5 Å². The summed E-state index contributed by atoms with van der Waals surface area (Å²) in [5, 5.41) is 0. The molecule has 1 aromatic carbocycles. The van der Waals surface area contributed by atoms with Crippen molar-refractivity contribution in [3.05, 3.63) is 78.1 Å². The van der Waals surface area contributed by atoms with Crippen LogP contribution in [0.5, 0.6) is 0 Å². The van der Waals surface area contributed by atoms with E-state index in [1.807, 2.05) is 59.0 Å². The Labute approximate surface area is 209 Å². The highest BCUT2D eigenvalue weighted by atomic mass is 16.5. The molecule has 186 valence electrons. The summed E-state index contributed by atoms with van der Waals surface area (Å²) in [5.74, 6) is 0.824. The van der Waals surface area contributed by atoms with Gasteiger partial charge in [-0.25, -0.2) is 0 Å². The molecule has 4 heteroatoms. The van der Waals surface area contributed by atoms with Crippen molar-refractivity contribution in [2.24, 2.45) is 10.9 Å². The summed E-state index contributed by atoms with van der Waals surface area (Å²) < 4.78 is 5.06. The van der Waals surface area contributed by atoms with Gasteiger partial charge in [-0.15, -0.1) is 0 Å². The third kappa shape index (κ3) is 9.11. The van der Waals surface area contributed by atoms with Crippen molar-refractivity contribution >= 4 is 17.4 Å². The zero-order chi connectivity index (χ0) is 25.5. The zero-order valence-corrected chi connectivity index (χ0v) is 22.4. The molecular formula is C30H45N3O. The number of aromatic nitrogens is 1. The minimum Gasteiger partial charge on any atom is -0.383 e. The molecule has 0 aliphatic carbocycles. The number of hydrogen-bond donors (Lipinski definition) is 0. The Morgan fingerprint density at radius 1 is 1.21 bits per heavy atom. The summed E-state index contributed by atoms with van der Waals surface area (Å²) in [7, 11) is 5.80. The van der Waals surface area contributed by atoms with Crippen LogP contribution in [0.4, 0.5) is 0 Å². The molecule has 0 amide bonds. The molecule has 1 unspecified atom stereocenters. The number of aryl methyl sites for hydroxylation is 1. The smallest absolute Gasteiger partial charge is 0.0705 e. The van der Waals surface area contributed by atoms with Gasteiger partial charge in [-0.05, 0) is 55.0 Å². The van der Waals surface area contributed by atoms with Gasteiger partial charge >= 0.3 is 0 Å². The molecule has 1 aromatic heterocycles. The largest absolute Gasteiger partial charge is 0.383 e. The lowest BCUT2D eigenvalue weighted by atomic mass is 10.00. The second kappa shape index (κ2) is 15.8. The van der Waals surface area contributed by atoms with E-state index in [1.54, 1.807) is 7.05 Å². The van der Waals surface area contributed by atoms with E-state index in [0.29, 0.717) is 0 Å².